The molecule has 0 bridgehead atoms. The molecule has 3 heteroatoms. The van der Waals surface area contributed by atoms with Gasteiger partial charge in [-0.3, -0.25) is 0 Å². The molecule has 0 amide bonds. The van der Waals surface area contributed by atoms with Gasteiger partial charge in [-0.25, -0.2) is 4.39 Å². The Morgan fingerprint density at radius 1 is 1.44 bits per heavy atom. The molecule has 0 saturated carbocycles. The smallest absolute Gasteiger partial charge is 0.123 e. The van der Waals surface area contributed by atoms with Crippen LogP contribution in [0.5, 0.6) is 0 Å². The summed E-state index contributed by atoms with van der Waals surface area (Å²) >= 11 is 0. The van der Waals surface area contributed by atoms with Crippen LogP contribution in [0.4, 0.5) is 4.39 Å². The van der Waals surface area contributed by atoms with Crippen molar-refractivity contribution in [2.75, 3.05) is 13.2 Å². The normalized spacial score (nSPS) is 13.8. The first-order chi connectivity index (χ1) is 7.44. The molecule has 0 aliphatic heterocycles. The summed E-state index contributed by atoms with van der Waals surface area (Å²) in [6, 6.07) is 6.66. The van der Waals surface area contributed by atoms with Gasteiger partial charge in [-0.05, 0) is 24.6 Å². The molecule has 0 aliphatic carbocycles. The average molecular weight is 225 g/mol. The Kier molecular flexibility index (Phi) is 4.44. The Morgan fingerprint density at radius 2 is 2.12 bits per heavy atom. The maximum absolute atomic E-state index is 13.0. The summed E-state index contributed by atoms with van der Waals surface area (Å²) in [5, 5.41) is 12.4. The molecular weight excluding hydrogens is 205 g/mol. The number of aliphatic hydroxyl groups excluding tert-OH is 1. The van der Waals surface area contributed by atoms with Crippen molar-refractivity contribution in [2.24, 2.45) is 5.41 Å². The minimum absolute atomic E-state index is 0.0847. The molecule has 0 heterocycles. The fraction of sp³-hybridized carbons (Fsp3) is 0.538. The van der Waals surface area contributed by atoms with Crippen molar-refractivity contribution in [2.45, 2.75) is 26.8 Å². The van der Waals surface area contributed by atoms with Gasteiger partial charge in [0.25, 0.3) is 0 Å². The van der Waals surface area contributed by atoms with Crippen molar-refractivity contribution in [3.63, 3.8) is 0 Å². The molecule has 16 heavy (non-hydrogen) atoms. The molecule has 1 atom stereocenters. The fourth-order valence-electron chi connectivity index (χ4n) is 1.38. The van der Waals surface area contributed by atoms with Gasteiger partial charge in [0.1, 0.15) is 5.82 Å². The van der Waals surface area contributed by atoms with Crippen molar-refractivity contribution >= 4 is 0 Å². The lowest BCUT2D eigenvalue weighted by molar-refractivity contribution is 0.154. The Balaban J connectivity index is 2.56. The van der Waals surface area contributed by atoms with Crippen LogP contribution >= 0.6 is 0 Å². The Morgan fingerprint density at radius 3 is 2.69 bits per heavy atom. The summed E-state index contributed by atoms with van der Waals surface area (Å²) in [6.45, 7) is 6.79. The van der Waals surface area contributed by atoms with Gasteiger partial charge in [-0.1, -0.05) is 26.0 Å². The van der Waals surface area contributed by atoms with Crippen LogP contribution in [0, 0.1) is 11.2 Å². The summed E-state index contributed by atoms with van der Waals surface area (Å²) in [6.07, 6.45) is 0. The third-order valence-electron chi connectivity index (χ3n) is 2.66. The van der Waals surface area contributed by atoms with Gasteiger partial charge in [0.05, 0.1) is 0 Å². The van der Waals surface area contributed by atoms with Gasteiger partial charge in [0.15, 0.2) is 0 Å². The molecule has 0 spiro atoms. The third-order valence-corrected chi connectivity index (χ3v) is 2.66. The van der Waals surface area contributed by atoms with Gasteiger partial charge in [-0.2, -0.15) is 0 Å². The molecular formula is C13H20FNO. The Hall–Kier alpha value is -0.930. The number of hydrogen-bond donors (Lipinski definition) is 2. The molecule has 1 aromatic rings. The van der Waals surface area contributed by atoms with E-state index in [1.54, 1.807) is 6.07 Å². The minimum Gasteiger partial charge on any atom is -0.396 e. The molecule has 2 N–H and O–H groups in total. The van der Waals surface area contributed by atoms with E-state index in [4.69, 9.17) is 5.11 Å². The summed E-state index contributed by atoms with van der Waals surface area (Å²) in [5.74, 6) is -0.215. The number of aliphatic hydroxyl groups is 1. The zero-order valence-electron chi connectivity index (χ0n) is 10.1. The van der Waals surface area contributed by atoms with Crippen molar-refractivity contribution < 1.29 is 9.50 Å². The van der Waals surface area contributed by atoms with E-state index in [-0.39, 0.29) is 23.9 Å². The molecule has 0 aliphatic rings. The van der Waals surface area contributed by atoms with Gasteiger partial charge in [0.2, 0.25) is 0 Å². The largest absolute Gasteiger partial charge is 0.396 e. The first-order valence-electron chi connectivity index (χ1n) is 5.54. The van der Waals surface area contributed by atoms with Crippen LogP contribution in [0.2, 0.25) is 0 Å². The second-order valence-electron chi connectivity index (χ2n) is 4.98. The predicted octanol–water partition coefficient (Wildman–Crippen LogP) is 2.49. The Bertz CT molecular complexity index is 338. The van der Waals surface area contributed by atoms with Crippen LogP contribution in [-0.4, -0.2) is 18.3 Å². The molecule has 0 fully saturated rings. The lowest BCUT2D eigenvalue weighted by Crippen LogP contribution is -2.33. The van der Waals surface area contributed by atoms with E-state index in [2.05, 4.69) is 5.32 Å². The van der Waals surface area contributed by atoms with Crippen LogP contribution < -0.4 is 5.32 Å². The van der Waals surface area contributed by atoms with Crippen LogP contribution in [0.3, 0.4) is 0 Å². The monoisotopic (exact) mass is 225 g/mol. The molecule has 0 aromatic heterocycles. The third kappa shape index (κ3) is 3.91. The summed E-state index contributed by atoms with van der Waals surface area (Å²) < 4.78 is 13.0. The van der Waals surface area contributed by atoms with E-state index in [9.17, 15) is 4.39 Å². The van der Waals surface area contributed by atoms with Crippen LogP contribution in [0.15, 0.2) is 24.3 Å². The van der Waals surface area contributed by atoms with Crippen molar-refractivity contribution in [1.82, 2.24) is 5.32 Å². The zero-order chi connectivity index (χ0) is 12.2. The lowest BCUT2D eigenvalue weighted by Gasteiger charge is -2.25. The van der Waals surface area contributed by atoms with Crippen molar-refractivity contribution in [1.29, 1.82) is 0 Å². The summed E-state index contributed by atoms with van der Waals surface area (Å²) in [7, 11) is 0. The molecule has 2 nitrogen and oxygen atoms in total. The number of halogens is 1. The highest BCUT2D eigenvalue weighted by atomic mass is 19.1. The van der Waals surface area contributed by atoms with E-state index < -0.39 is 0 Å². The molecule has 1 aromatic carbocycles. The van der Waals surface area contributed by atoms with E-state index in [0.29, 0.717) is 6.54 Å². The summed E-state index contributed by atoms with van der Waals surface area (Å²) in [4.78, 5) is 0. The fourth-order valence-corrected chi connectivity index (χ4v) is 1.38. The average Bonchev–Trinajstić information content (AvgIpc) is 2.26. The van der Waals surface area contributed by atoms with Crippen LogP contribution in [0.25, 0.3) is 0 Å². The molecule has 1 unspecified atom stereocenters. The van der Waals surface area contributed by atoms with Gasteiger partial charge < -0.3 is 10.4 Å². The predicted molar refractivity (Wildman–Crippen MR) is 63.7 cm³/mol. The van der Waals surface area contributed by atoms with Crippen molar-refractivity contribution in [3.05, 3.63) is 35.6 Å². The Labute approximate surface area is 96.5 Å². The summed E-state index contributed by atoms with van der Waals surface area (Å²) in [5.41, 5.74) is 0.774. The van der Waals surface area contributed by atoms with Crippen LogP contribution in [-0.2, 0) is 0 Å². The van der Waals surface area contributed by atoms with Crippen molar-refractivity contribution in [3.8, 4) is 0 Å². The standard InChI is InChI=1S/C13H20FNO/c1-10(15-8-13(2,3)9-16)11-5-4-6-12(14)7-11/h4-7,10,15-16H,8-9H2,1-3H3. The maximum Gasteiger partial charge on any atom is 0.123 e. The number of benzene rings is 1. The maximum atomic E-state index is 13.0. The van der Waals surface area contributed by atoms with Gasteiger partial charge >= 0.3 is 0 Å². The quantitative estimate of drug-likeness (QED) is 0.807. The first kappa shape index (κ1) is 13.1. The molecule has 90 valence electrons. The molecule has 0 radical (unpaired) electrons. The highest BCUT2D eigenvalue weighted by Gasteiger charge is 2.17. The number of hydrogen-bond acceptors (Lipinski definition) is 2. The van der Waals surface area contributed by atoms with Gasteiger partial charge in [0, 0.05) is 24.6 Å². The second-order valence-corrected chi connectivity index (χ2v) is 4.98. The highest BCUT2D eigenvalue weighted by Crippen LogP contribution is 2.17. The number of nitrogens with one attached hydrogen (secondary N) is 1. The van der Waals surface area contributed by atoms with E-state index >= 15 is 0 Å². The first-order valence-corrected chi connectivity index (χ1v) is 5.54. The second kappa shape index (κ2) is 5.41. The highest BCUT2D eigenvalue weighted by molar-refractivity contribution is 5.19. The number of rotatable bonds is 5. The lowest BCUT2D eigenvalue weighted by atomic mass is 9.94. The SMILES string of the molecule is CC(NCC(C)(C)CO)c1cccc(F)c1. The van der Waals surface area contributed by atoms with E-state index in [0.717, 1.165) is 5.56 Å². The van der Waals surface area contributed by atoms with E-state index in [1.807, 2.05) is 26.8 Å². The minimum atomic E-state index is -0.215. The van der Waals surface area contributed by atoms with Gasteiger partial charge in [-0.15, -0.1) is 0 Å². The zero-order valence-corrected chi connectivity index (χ0v) is 10.1. The molecule has 1 rings (SSSR count). The topological polar surface area (TPSA) is 32.3 Å². The van der Waals surface area contributed by atoms with E-state index in [1.165, 1.54) is 12.1 Å². The van der Waals surface area contributed by atoms with Crippen LogP contribution in [0.1, 0.15) is 32.4 Å². The molecule has 0 saturated heterocycles.